The van der Waals surface area contributed by atoms with Crippen LogP contribution < -0.4 is 11.1 Å². The standard InChI is InChI=1S/C28H58N2O4Si2/c1-20(27(8,9)29)19-26(6,7)21(2)22(24(32)33)18-23(31)30-16-17-35(12,13)28(10,11)34-36(14,15)25(3,4)5/h20,22H,2,16-19,29H2,1,3-15H3,(H,30,31)(H,32,33). The van der Waals surface area contributed by atoms with E-state index in [2.05, 4.69) is 79.6 Å². The van der Waals surface area contributed by atoms with Crippen LogP contribution in [0.1, 0.15) is 82.1 Å². The molecule has 212 valence electrons. The summed E-state index contributed by atoms with van der Waals surface area (Å²) in [6.45, 7) is 34.9. The maximum absolute atomic E-state index is 12.8. The third kappa shape index (κ3) is 9.73. The average Bonchev–Trinajstić information content (AvgIpc) is 2.62. The summed E-state index contributed by atoms with van der Waals surface area (Å²) in [7, 11) is -3.82. The van der Waals surface area contributed by atoms with Crippen molar-refractivity contribution in [2.24, 2.45) is 23.0 Å². The number of aliphatic carboxylic acids is 1. The van der Waals surface area contributed by atoms with Gasteiger partial charge in [-0.3, -0.25) is 9.59 Å². The molecule has 0 aromatic rings. The van der Waals surface area contributed by atoms with Crippen molar-refractivity contribution < 1.29 is 19.1 Å². The van der Waals surface area contributed by atoms with Crippen LogP contribution in [0.15, 0.2) is 12.2 Å². The Kier molecular flexibility index (Phi) is 11.5. The molecular formula is C28H58N2O4Si2. The molecule has 0 radical (unpaired) electrons. The zero-order valence-electron chi connectivity index (χ0n) is 25.9. The molecule has 8 heteroatoms. The molecule has 0 aromatic heterocycles. The molecule has 0 rings (SSSR count). The first-order valence-corrected chi connectivity index (χ1v) is 19.5. The second-order valence-electron chi connectivity index (χ2n) is 14.8. The molecule has 0 aromatic carbocycles. The summed E-state index contributed by atoms with van der Waals surface area (Å²) in [4.78, 5) is 24.9. The molecule has 2 unspecified atom stereocenters. The predicted octanol–water partition coefficient (Wildman–Crippen LogP) is 6.59. The maximum atomic E-state index is 12.8. The zero-order chi connectivity index (χ0) is 29.1. The number of carbonyl (C=O) groups is 2. The van der Waals surface area contributed by atoms with Gasteiger partial charge in [0.25, 0.3) is 0 Å². The molecule has 6 nitrogen and oxygen atoms in total. The minimum absolute atomic E-state index is 0.107. The summed E-state index contributed by atoms with van der Waals surface area (Å²) in [6.07, 6.45) is 0.591. The molecule has 0 saturated carbocycles. The molecule has 0 aliphatic carbocycles. The highest BCUT2D eigenvalue weighted by molar-refractivity contribution is 6.82. The SMILES string of the molecule is C=C(C(CC(=O)NCC[Si](C)(C)C(C)(C)O[Si](C)(C)C(C)(C)C)C(=O)O)C(C)(C)CC(C)C(C)(C)N. The topological polar surface area (TPSA) is 102 Å². The molecule has 0 saturated heterocycles. The third-order valence-corrected chi connectivity index (χ3v) is 18.8. The first kappa shape index (κ1) is 35.0. The van der Waals surface area contributed by atoms with E-state index in [4.69, 9.17) is 10.2 Å². The highest BCUT2D eigenvalue weighted by Crippen LogP contribution is 2.42. The number of amides is 1. The summed E-state index contributed by atoms with van der Waals surface area (Å²) < 4.78 is 6.82. The fraction of sp³-hybridized carbons (Fsp3) is 0.857. The van der Waals surface area contributed by atoms with E-state index >= 15 is 0 Å². The van der Waals surface area contributed by atoms with Crippen LogP contribution in [0.4, 0.5) is 0 Å². The summed E-state index contributed by atoms with van der Waals surface area (Å²) in [5.74, 6) is -2.03. The largest absolute Gasteiger partial charge is 0.481 e. The van der Waals surface area contributed by atoms with Gasteiger partial charge in [0.15, 0.2) is 8.32 Å². The van der Waals surface area contributed by atoms with Crippen LogP contribution in [-0.2, 0) is 14.0 Å². The second kappa shape index (κ2) is 11.8. The summed E-state index contributed by atoms with van der Waals surface area (Å²) >= 11 is 0. The normalized spacial score (nSPS) is 15.9. The van der Waals surface area contributed by atoms with E-state index in [0.717, 1.165) is 6.04 Å². The van der Waals surface area contributed by atoms with Crippen molar-refractivity contribution in [3.63, 3.8) is 0 Å². The smallest absolute Gasteiger partial charge is 0.311 e. The molecule has 0 fully saturated rings. The summed E-state index contributed by atoms with van der Waals surface area (Å²) in [6, 6.07) is 0.855. The molecule has 36 heavy (non-hydrogen) atoms. The minimum atomic E-state index is -1.94. The fourth-order valence-corrected chi connectivity index (χ4v) is 8.80. The van der Waals surface area contributed by atoms with Gasteiger partial charge in [0, 0.05) is 23.7 Å². The van der Waals surface area contributed by atoms with E-state index in [0.29, 0.717) is 18.5 Å². The lowest BCUT2D eigenvalue weighted by molar-refractivity contribution is -0.143. The predicted molar refractivity (Wildman–Crippen MR) is 158 cm³/mol. The lowest BCUT2D eigenvalue weighted by atomic mass is 9.69. The highest BCUT2D eigenvalue weighted by atomic mass is 28.4. The van der Waals surface area contributed by atoms with Crippen LogP contribution in [0.5, 0.6) is 0 Å². The molecule has 0 aliphatic rings. The van der Waals surface area contributed by atoms with Gasteiger partial charge in [-0.15, -0.1) is 0 Å². The van der Waals surface area contributed by atoms with Crippen LogP contribution >= 0.6 is 0 Å². The van der Waals surface area contributed by atoms with E-state index < -0.39 is 33.7 Å². The van der Waals surface area contributed by atoms with Crippen molar-refractivity contribution in [2.75, 3.05) is 6.54 Å². The number of carboxylic acid groups (broad SMARTS) is 1. The summed E-state index contributed by atoms with van der Waals surface area (Å²) in [5, 5.41) is 12.8. The minimum Gasteiger partial charge on any atom is -0.481 e. The number of rotatable bonds is 14. The van der Waals surface area contributed by atoms with Crippen LogP contribution in [0.2, 0.25) is 37.3 Å². The second-order valence-corrected chi connectivity index (χ2v) is 25.0. The van der Waals surface area contributed by atoms with Gasteiger partial charge in [-0.2, -0.15) is 0 Å². The van der Waals surface area contributed by atoms with Gasteiger partial charge in [0.05, 0.1) is 14.0 Å². The monoisotopic (exact) mass is 542 g/mol. The number of hydrogen-bond acceptors (Lipinski definition) is 4. The van der Waals surface area contributed by atoms with Crippen LogP contribution in [0.25, 0.3) is 0 Å². The fourth-order valence-electron chi connectivity index (χ4n) is 3.99. The van der Waals surface area contributed by atoms with Gasteiger partial charge in [0.2, 0.25) is 5.91 Å². The summed E-state index contributed by atoms with van der Waals surface area (Å²) in [5.41, 5.74) is 5.99. The van der Waals surface area contributed by atoms with E-state index in [1.807, 2.05) is 27.7 Å². The van der Waals surface area contributed by atoms with E-state index in [1.54, 1.807) is 0 Å². The van der Waals surface area contributed by atoms with Crippen LogP contribution in [0.3, 0.4) is 0 Å². The molecule has 0 spiro atoms. The van der Waals surface area contributed by atoms with Gasteiger partial charge in [-0.25, -0.2) is 0 Å². The van der Waals surface area contributed by atoms with E-state index in [-0.39, 0.29) is 34.0 Å². The van der Waals surface area contributed by atoms with Gasteiger partial charge in [-0.1, -0.05) is 66.8 Å². The van der Waals surface area contributed by atoms with Crippen molar-refractivity contribution in [3.05, 3.63) is 12.2 Å². The van der Waals surface area contributed by atoms with Crippen molar-refractivity contribution in [1.82, 2.24) is 5.32 Å². The molecule has 1 amide bonds. The Morgan fingerprint density at radius 2 is 1.47 bits per heavy atom. The highest BCUT2D eigenvalue weighted by Gasteiger charge is 2.47. The number of nitrogens with two attached hydrogens (primary N) is 1. The Hall–Kier alpha value is -0.966. The number of nitrogens with one attached hydrogen (secondary N) is 1. The van der Waals surface area contributed by atoms with Crippen molar-refractivity contribution in [2.45, 2.75) is 130 Å². The van der Waals surface area contributed by atoms with Gasteiger partial charge < -0.3 is 20.6 Å². The number of hydrogen-bond donors (Lipinski definition) is 3. The maximum Gasteiger partial charge on any atom is 0.311 e. The van der Waals surface area contributed by atoms with E-state index in [1.165, 1.54) is 0 Å². The Bertz CT molecular complexity index is 790. The van der Waals surface area contributed by atoms with E-state index in [9.17, 15) is 14.7 Å². The Morgan fingerprint density at radius 1 is 1.00 bits per heavy atom. The molecule has 2 atom stereocenters. The quantitative estimate of drug-likeness (QED) is 0.170. The van der Waals surface area contributed by atoms with Crippen molar-refractivity contribution >= 4 is 28.3 Å². The third-order valence-electron chi connectivity index (χ3n) is 9.08. The van der Waals surface area contributed by atoms with Gasteiger partial charge >= 0.3 is 5.97 Å². The van der Waals surface area contributed by atoms with Crippen molar-refractivity contribution in [1.29, 1.82) is 0 Å². The van der Waals surface area contributed by atoms with Crippen molar-refractivity contribution in [3.8, 4) is 0 Å². The Labute approximate surface area is 224 Å². The lowest BCUT2D eigenvalue weighted by Gasteiger charge is -2.49. The number of carboxylic acids is 1. The number of carbonyl (C=O) groups excluding carboxylic acids is 1. The van der Waals surface area contributed by atoms with Gasteiger partial charge in [-0.05, 0) is 69.6 Å². The first-order valence-electron chi connectivity index (χ1n) is 13.4. The molecule has 0 aliphatic heterocycles. The molecule has 0 heterocycles. The Balaban J connectivity index is 5.25. The van der Waals surface area contributed by atoms with Gasteiger partial charge in [0.1, 0.15) is 0 Å². The zero-order valence-corrected chi connectivity index (χ0v) is 27.9. The Morgan fingerprint density at radius 3 is 1.86 bits per heavy atom. The lowest BCUT2D eigenvalue weighted by Crippen LogP contribution is -2.59. The van der Waals surface area contributed by atoms with Crippen LogP contribution in [0, 0.1) is 17.3 Å². The molecule has 0 bridgehead atoms. The van der Waals surface area contributed by atoms with Crippen LogP contribution in [-0.4, -0.2) is 50.7 Å². The molecular weight excluding hydrogens is 484 g/mol. The molecule has 4 N–H and O–H groups in total. The average molecular weight is 543 g/mol. The first-order chi connectivity index (χ1) is 15.7.